The van der Waals surface area contributed by atoms with Crippen LogP contribution >= 0.6 is 0 Å². The van der Waals surface area contributed by atoms with E-state index < -0.39 is 7.32 Å². The van der Waals surface area contributed by atoms with Gasteiger partial charge in [0.2, 0.25) is 0 Å². The molecular weight excluding hydrogens is 187 g/mol. The minimum Gasteiger partial charge on any atom is -0.402 e. The Kier molecular flexibility index (Phi) is 8.12. The van der Waals surface area contributed by atoms with Gasteiger partial charge in [-0.15, -0.1) is 0 Å². The molecule has 0 spiro atoms. The van der Waals surface area contributed by atoms with Crippen LogP contribution in [0.5, 0.6) is 0 Å². The van der Waals surface area contributed by atoms with Crippen molar-refractivity contribution in [3.8, 4) is 0 Å². The third-order valence-electron chi connectivity index (χ3n) is 1.55. The summed E-state index contributed by atoms with van der Waals surface area (Å²) < 4.78 is 15.1. The highest BCUT2D eigenvalue weighted by Crippen LogP contribution is 1.97. The fraction of sp³-hybridized carbons (Fsp3) is 1.00. The van der Waals surface area contributed by atoms with Crippen LogP contribution in [0.25, 0.3) is 0 Å². The fourth-order valence-corrected chi connectivity index (χ4v) is 0.902. The van der Waals surface area contributed by atoms with Crippen LogP contribution < -0.4 is 0 Å². The lowest BCUT2D eigenvalue weighted by atomic mass is 10.2. The molecule has 0 aliphatic rings. The SMILES string of the molecule is CCOC(C)COC(C)COB(O)O. The molecule has 0 radical (unpaired) electrons. The summed E-state index contributed by atoms with van der Waals surface area (Å²) in [5, 5.41) is 16.8. The maximum atomic E-state index is 8.42. The van der Waals surface area contributed by atoms with Crippen LogP contribution in [0.2, 0.25) is 0 Å². The Labute approximate surface area is 85.2 Å². The summed E-state index contributed by atoms with van der Waals surface area (Å²) >= 11 is 0. The summed E-state index contributed by atoms with van der Waals surface area (Å²) in [6, 6.07) is 0. The number of ether oxygens (including phenoxy) is 2. The summed E-state index contributed by atoms with van der Waals surface area (Å²) in [6.07, 6.45) is -0.138. The standard InChI is InChI=1S/C8H19BO5/c1-4-12-7(2)5-13-8(3)6-14-9(10)11/h7-8,10-11H,4-6H2,1-3H3. The van der Waals surface area contributed by atoms with E-state index >= 15 is 0 Å². The predicted molar refractivity (Wildman–Crippen MR) is 52.6 cm³/mol. The van der Waals surface area contributed by atoms with Gasteiger partial charge >= 0.3 is 7.32 Å². The van der Waals surface area contributed by atoms with Crippen LogP contribution in [0.1, 0.15) is 20.8 Å². The zero-order chi connectivity index (χ0) is 11.0. The zero-order valence-corrected chi connectivity index (χ0v) is 8.97. The molecule has 84 valence electrons. The van der Waals surface area contributed by atoms with Gasteiger partial charge in [-0.1, -0.05) is 0 Å². The average Bonchev–Trinajstić information content (AvgIpc) is 2.12. The Balaban J connectivity index is 3.38. The van der Waals surface area contributed by atoms with Crippen molar-refractivity contribution in [2.45, 2.75) is 33.0 Å². The molecule has 2 N–H and O–H groups in total. The second kappa shape index (κ2) is 8.20. The van der Waals surface area contributed by atoms with Crippen LogP contribution in [0, 0.1) is 0 Å². The third-order valence-corrected chi connectivity index (χ3v) is 1.55. The highest BCUT2D eigenvalue weighted by molar-refractivity contribution is 6.32. The normalized spacial score (nSPS) is 15.2. The lowest BCUT2D eigenvalue weighted by molar-refractivity contribution is -0.0436. The van der Waals surface area contributed by atoms with Crippen molar-refractivity contribution < 1.29 is 24.2 Å². The zero-order valence-electron chi connectivity index (χ0n) is 8.97. The van der Waals surface area contributed by atoms with E-state index in [0.717, 1.165) is 0 Å². The predicted octanol–water partition coefficient (Wildman–Crippen LogP) is -0.197. The van der Waals surface area contributed by atoms with E-state index in [1.807, 2.05) is 13.8 Å². The van der Waals surface area contributed by atoms with E-state index in [2.05, 4.69) is 4.65 Å². The van der Waals surface area contributed by atoms with Gasteiger partial charge in [-0.25, -0.2) is 0 Å². The first kappa shape index (κ1) is 13.9. The first-order valence-electron chi connectivity index (χ1n) is 4.77. The third kappa shape index (κ3) is 8.46. The van der Waals surface area contributed by atoms with E-state index in [9.17, 15) is 0 Å². The number of hydrogen-bond acceptors (Lipinski definition) is 5. The fourth-order valence-electron chi connectivity index (χ4n) is 0.902. The molecule has 0 saturated carbocycles. The maximum absolute atomic E-state index is 8.42. The molecule has 14 heavy (non-hydrogen) atoms. The average molecular weight is 206 g/mol. The lowest BCUT2D eigenvalue weighted by Crippen LogP contribution is -2.27. The van der Waals surface area contributed by atoms with Crippen LogP contribution in [0.15, 0.2) is 0 Å². The molecule has 0 bridgehead atoms. The molecule has 2 atom stereocenters. The first-order chi connectivity index (χ1) is 6.56. The molecule has 6 heteroatoms. The second-order valence-corrected chi connectivity index (χ2v) is 3.07. The highest BCUT2D eigenvalue weighted by Gasteiger charge is 2.12. The van der Waals surface area contributed by atoms with Gasteiger partial charge in [0.15, 0.2) is 0 Å². The summed E-state index contributed by atoms with van der Waals surface area (Å²) in [5.41, 5.74) is 0. The molecule has 0 fully saturated rings. The van der Waals surface area contributed by atoms with Crippen LogP contribution in [0.4, 0.5) is 0 Å². The van der Waals surface area contributed by atoms with Gasteiger partial charge in [-0.3, -0.25) is 0 Å². The van der Waals surface area contributed by atoms with E-state index in [0.29, 0.717) is 13.2 Å². The highest BCUT2D eigenvalue weighted by atomic mass is 16.6. The Hall–Kier alpha value is -0.135. The number of rotatable bonds is 8. The molecule has 5 nitrogen and oxygen atoms in total. The van der Waals surface area contributed by atoms with Crippen molar-refractivity contribution in [1.82, 2.24) is 0 Å². The molecule has 0 amide bonds. The molecule has 0 aromatic heterocycles. The van der Waals surface area contributed by atoms with Crippen molar-refractivity contribution in [3.05, 3.63) is 0 Å². The molecule has 0 rings (SSSR count). The van der Waals surface area contributed by atoms with Crippen molar-refractivity contribution >= 4 is 7.32 Å². The van der Waals surface area contributed by atoms with Gasteiger partial charge in [0.25, 0.3) is 0 Å². The second-order valence-electron chi connectivity index (χ2n) is 3.07. The Morgan fingerprint density at radius 2 is 1.64 bits per heavy atom. The van der Waals surface area contributed by atoms with E-state index in [4.69, 9.17) is 19.5 Å². The van der Waals surface area contributed by atoms with Crippen LogP contribution in [-0.2, 0) is 14.1 Å². The van der Waals surface area contributed by atoms with E-state index in [1.165, 1.54) is 0 Å². The van der Waals surface area contributed by atoms with E-state index in [1.54, 1.807) is 6.92 Å². The lowest BCUT2D eigenvalue weighted by Gasteiger charge is -2.17. The topological polar surface area (TPSA) is 68.2 Å². The van der Waals surface area contributed by atoms with Crippen molar-refractivity contribution in [2.75, 3.05) is 19.8 Å². The van der Waals surface area contributed by atoms with Crippen LogP contribution in [0.3, 0.4) is 0 Å². The van der Waals surface area contributed by atoms with Crippen LogP contribution in [-0.4, -0.2) is 49.4 Å². The molecule has 0 aliphatic carbocycles. The summed E-state index contributed by atoms with van der Waals surface area (Å²) in [4.78, 5) is 0. The van der Waals surface area contributed by atoms with Crippen molar-refractivity contribution in [3.63, 3.8) is 0 Å². The summed E-state index contributed by atoms with van der Waals surface area (Å²) in [5.74, 6) is 0. The van der Waals surface area contributed by atoms with Gasteiger partial charge < -0.3 is 24.2 Å². The minimum absolute atomic E-state index is 0.0431. The van der Waals surface area contributed by atoms with Crippen molar-refractivity contribution in [2.24, 2.45) is 0 Å². The Morgan fingerprint density at radius 1 is 1.07 bits per heavy atom. The van der Waals surface area contributed by atoms with E-state index in [-0.39, 0.29) is 18.8 Å². The monoisotopic (exact) mass is 206 g/mol. The molecule has 0 aromatic rings. The van der Waals surface area contributed by atoms with Gasteiger partial charge in [-0.05, 0) is 20.8 Å². The van der Waals surface area contributed by atoms with Gasteiger partial charge in [0.05, 0.1) is 25.4 Å². The minimum atomic E-state index is -1.73. The summed E-state index contributed by atoms with van der Waals surface area (Å²) in [7, 11) is -1.73. The smallest absolute Gasteiger partial charge is 0.402 e. The Bertz CT molecular complexity index is 133. The molecule has 0 aromatic carbocycles. The molecule has 0 aliphatic heterocycles. The first-order valence-corrected chi connectivity index (χ1v) is 4.77. The molecule has 0 heterocycles. The molecule has 2 unspecified atom stereocenters. The van der Waals surface area contributed by atoms with Gasteiger partial charge in [0.1, 0.15) is 0 Å². The molecule has 0 saturated heterocycles. The maximum Gasteiger partial charge on any atom is 0.633 e. The Morgan fingerprint density at radius 3 is 2.14 bits per heavy atom. The largest absolute Gasteiger partial charge is 0.633 e. The van der Waals surface area contributed by atoms with Crippen molar-refractivity contribution in [1.29, 1.82) is 0 Å². The summed E-state index contributed by atoms with van der Waals surface area (Å²) in [6.45, 7) is 6.91. The van der Waals surface area contributed by atoms with Gasteiger partial charge in [0, 0.05) is 6.61 Å². The molecular formula is C8H19BO5. The van der Waals surface area contributed by atoms with Gasteiger partial charge in [-0.2, -0.15) is 0 Å². The quantitative estimate of drug-likeness (QED) is 0.538. The number of hydrogen-bond donors (Lipinski definition) is 2.